The van der Waals surface area contributed by atoms with E-state index in [0.717, 1.165) is 36.8 Å². The number of aliphatic hydroxyl groups is 1. The third-order valence-corrected chi connectivity index (χ3v) is 6.22. The zero-order chi connectivity index (χ0) is 23.2. The second-order valence-electron chi connectivity index (χ2n) is 9.03. The van der Waals surface area contributed by atoms with Crippen molar-refractivity contribution < 1.29 is 34.3 Å². The van der Waals surface area contributed by atoms with Crippen LogP contribution in [0.25, 0.3) is 0 Å². The van der Waals surface area contributed by atoms with Crippen molar-refractivity contribution in [3.63, 3.8) is 0 Å². The molecule has 6 unspecified atom stereocenters. The number of aliphatic hydroxyl groups excluding tert-OH is 1. The maximum atomic E-state index is 10.6. The molecule has 0 amide bonds. The van der Waals surface area contributed by atoms with Crippen LogP contribution in [0.15, 0.2) is 48.5 Å². The smallest absolute Gasteiger partial charge is 0.184 e. The number of ether oxygens (including phenoxy) is 4. The molecule has 2 aromatic rings. The van der Waals surface area contributed by atoms with Gasteiger partial charge in [-0.05, 0) is 69.7 Å². The predicted molar refractivity (Wildman–Crippen MR) is 122 cm³/mol. The third-order valence-electron chi connectivity index (χ3n) is 6.22. The lowest BCUT2D eigenvalue weighted by atomic mass is 9.99. The lowest BCUT2D eigenvalue weighted by Crippen LogP contribution is -2.32. The number of phenolic OH excluding ortho intramolecular Hbond substituents is 2. The minimum absolute atomic E-state index is 0.0641. The van der Waals surface area contributed by atoms with E-state index in [0.29, 0.717) is 19.4 Å². The summed E-state index contributed by atoms with van der Waals surface area (Å²) in [6, 6.07) is 13.7. The summed E-state index contributed by atoms with van der Waals surface area (Å²) in [6.45, 7) is 2.63. The summed E-state index contributed by atoms with van der Waals surface area (Å²) in [5.74, 6) is 0.426. The largest absolute Gasteiger partial charge is 0.508 e. The van der Waals surface area contributed by atoms with Gasteiger partial charge in [0.15, 0.2) is 12.6 Å². The molecule has 2 fully saturated rings. The summed E-state index contributed by atoms with van der Waals surface area (Å²) in [5, 5.41) is 29.5. The van der Waals surface area contributed by atoms with Gasteiger partial charge in [-0.3, -0.25) is 0 Å². The molecule has 2 aliphatic rings. The summed E-state index contributed by atoms with van der Waals surface area (Å²) in [5.41, 5.74) is 1.75. The fraction of sp³-hybridized carbons (Fsp3) is 0.538. The second-order valence-corrected chi connectivity index (χ2v) is 9.03. The van der Waals surface area contributed by atoms with E-state index in [1.165, 1.54) is 0 Å². The van der Waals surface area contributed by atoms with Crippen LogP contribution < -0.4 is 0 Å². The number of aromatic hydroxyl groups is 2. The average molecular weight is 459 g/mol. The van der Waals surface area contributed by atoms with Crippen LogP contribution in [0, 0.1) is 0 Å². The molecule has 0 spiro atoms. The van der Waals surface area contributed by atoms with E-state index in [9.17, 15) is 15.3 Å². The molecule has 0 aromatic heterocycles. The molecule has 2 saturated heterocycles. The Bertz CT molecular complexity index is 854. The Balaban J connectivity index is 1.20. The third kappa shape index (κ3) is 6.91. The highest BCUT2D eigenvalue weighted by molar-refractivity contribution is 5.27. The van der Waals surface area contributed by atoms with Crippen LogP contribution in [0.2, 0.25) is 0 Å². The van der Waals surface area contributed by atoms with Crippen LogP contribution in [0.1, 0.15) is 69.2 Å². The molecule has 2 aliphatic heterocycles. The summed E-state index contributed by atoms with van der Waals surface area (Å²) in [6.07, 6.45) is 3.27. The highest BCUT2D eigenvalue weighted by Crippen LogP contribution is 2.33. The van der Waals surface area contributed by atoms with Crippen molar-refractivity contribution in [2.75, 3.05) is 6.61 Å². The van der Waals surface area contributed by atoms with Crippen LogP contribution in [-0.2, 0) is 18.9 Å². The van der Waals surface area contributed by atoms with Gasteiger partial charge in [0, 0.05) is 11.1 Å². The molecule has 0 bridgehead atoms. The highest BCUT2D eigenvalue weighted by atomic mass is 16.7. The molecule has 7 heteroatoms. The van der Waals surface area contributed by atoms with E-state index in [-0.39, 0.29) is 29.8 Å². The molecule has 33 heavy (non-hydrogen) atoms. The van der Waals surface area contributed by atoms with Gasteiger partial charge in [-0.1, -0.05) is 24.3 Å². The van der Waals surface area contributed by atoms with Crippen molar-refractivity contribution in [1.29, 1.82) is 0 Å². The first-order chi connectivity index (χ1) is 16.0. The first kappa shape index (κ1) is 24.0. The molecule has 0 saturated carbocycles. The summed E-state index contributed by atoms with van der Waals surface area (Å²) >= 11 is 0. The summed E-state index contributed by atoms with van der Waals surface area (Å²) < 4.78 is 23.8. The molecule has 2 heterocycles. The van der Waals surface area contributed by atoms with Gasteiger partial charge in [-0.2, -0.15) is 0 Å². The predicted octanol–water partition coefficient (Wildman–Crippen LogP) is 4.72. The van der Waals surface area contributed by atoms with Crippen molar-refractivity contribution in [2.45, 2.75) is 82.4 Å². The average Bonchev–Trinajstić information content (AvgIpc) is 2.80. The SMILES string of the molecule is CC1CC(CCCC(O)CC2CCOC(c3ccc(O)cc3)O2)OC(c2ccc(O)cc2)O1. The van der Waals surface area contributed by atoms with Gasteiger partial charge >= 0.3 is 0 Å². The van der Waals surface area contributed by atoms with Gasteiger partial charge in [0.1, 0.15) is 11.5 Å². The highest BCUT2D eigenvalue weighted by Gasteiger charge is 2.29. The van der Waals surface area contributed by atoms with E-state index in [1.54, 1.807) is 36.4 Å². The van der Waals surface area contributed by atoms with Gasteiger partial charge in [-0.25, -0.2) is 0 Å². The van der Waals surface area contributed by atoms with Crippen LogP contribution >= 0.6 is 0 Å². The Morgan fingerprint density at radius 3 is 2.12 bits per heavy atom. The van der Waals surface area contributed by atoms with Crippen LogP contribution in [0.4, 0.5) is 0 Å². The van der Waals surface area contributed by atoms with Crippen molar-refractivity contribution in [3.05, 3.63) is 59.7 Å². The Hall–Kier alpha value is -2.16. The zero-order valence-electron chi connectivity index (χ0n) is 19.0. The van der Waals surface area contributed by atoms with Gasteiger partial charge in [0.25, 0.3) is 0 Å². The summed E-state index contributed by atoms with van der Waals surface area (Å²) in [7, 11) is 0. The first-order valence-electron chi connectivity index (χ1n) is 11.8. The van der Waals surface area contributed by atoms with E-state index in [1.807, 2.05) is 19.1 Å². The zero-order valence-corrected chi connectivity index (χ0v) is 19.0. The van der Waals surface area contributed by atoms with Crippen molar-refractivity contribution in [2.24, 2.45) is 0 Å². The normalized spacial score (nSPS) is 29.0. The van der Waals surface area contributed by atoms with Gasteiger partial charge in [0.2, 0.25) is 0 Å². The Morgan fingerprint density at radius 2 is 1.45 bits per heavy atom. The van der Waals surface area contributed by atoms with Gasteiger partial charge < -0.3 is 34.3 Å². The number of benzene rings is 2. The monoisotopic (exact) mass is 458 g/mol. The molecular weight excluding hydrogens is 424 g/mol. The molecule has 180 valence electrons. The van der Waals surface area contributed by atoms with E-state index in [2.05, 4.69) is 0 Å². The Labute approximate surface area is 194 Å². The Morgan fingerprint density at radius 1 is 0.848 bits per heavy atom. The lowest BCUT2D eigenvalue weighted by Gasteiger charge is -2.35. The fourth-order valence-corrected chi connectivity index (χ4v) is 4.44. The fourth-order valence-electron chi connectivity index (χ4n) is 4.44. The number of rotatable bonds is 8. The topological polar surface area (TPSA) is 97.6 Å². The van der Waals surface area contributed by atoms with Crippen molar-refractivity contribution in [1.82, 2.24) is 0 Å². The quantitative estimate of drug-likeness (QED) is 0.527. The molecule has 0 radical (unpaired) electrons. The number of hydrogen-bond donors (Lipinski definition) is 3. The van der Waals surface area contributed by atoms with Gasteiger partial charge in [0.05, 0.1) is 31.0 Å². The molecule has 0 aliphatic carbocycles. The van der Waals surface area contributed by atoms with Crippen molar-refractivity contribution in [3.8, 4) is 11.5 Å². The molecule has 2 aromatic carbocycles. The molecular formula is C26H34O7. The first-order valence-corrected chi connectivity index (χ1v) is 11.8. The molecule has 7 nitrogen and oxygen atoms in total. The lowest BCUT2D eigenvalue weighted by molar-refractivity contribution is -0.245. The standard InChI is InChI=1S/C26H34O7/c1-17-15-23(33-26(31-17)19-7-11-21(28)12-8-19)4-2-3-22(29)16-24-13-14-30-25(32-24)18-5-9-20(27)10-6-18/h5-12,17,22-29H,2-4,13-16H2,1H3. The van der Waals surface area contributed by atoms with E-state index in [4.69, 9.17) is 18.9 Å². The van der Waals surface area contributed by atoms with Crippen molar-refractivity contribution >= 4 is 0 Å². The minimum atomic E-state index is -0.467. The van der Waals surface area contributed by atoms with Crippen LogP contribution in [-0.4, -0.2) is 46.3 Å². The number of phenols is 2. The maximum absolute atomic E-state index is 10.6. The Kier molecular flexibility index (Phi) is 8.22. The van der Waals surface area contributed by atoms with Crippen LogP contribution in [0.3, 0.4) is 0 Å². The molecule has 4 rings (SSSR count). The number of hydrogen-bond acceptors (Lipinski definition) is 7. The van der Waals surface area contributed by atoms with Gasteiger partial charge in [-0.15, -0.1) is 0 Å². The second kappa shape index (κ2) is 11.3. The van der Waals surface area contributed by atoms with Crippen LogP contribution in [0.5, 0.6) is 11.5 Å². The van der Waals surface area contributed by atoms with E-state index >= 15 is 0 Å². The minimum Gasteiger partial charge on any atom is -0.508 e. The molecule has 6 atom stereocenters. The van der Waals surface area contributed by atoms with E-state index < -0.39 is 18.7 Å². The summed E-state index contributed by atoms with van der Waals surface area (Å²) in [4.78, 5) is 0. The maximum Gasteiger partial charge on any atom is 0.184 e. The molecule has 3 N–H and O–H groups in total.